The van der Waals surface area contributed by atoms with Crippen molar-refractivity contribution in [1.82, 2.24) is 20.4 Å². The summed E-state index contributed by atoms with van der Waals surface area (Å²) in [6, 6.07) is -1.03. The molecule has 7 nitrogen and oxygen atoms in total. The van der Waals surface area contributed by atoms with Crippen LogP contribution in [0.4, 0.5) is 4.79 Å². The lowest BCUT2D eigenvalue weighted by Gasteiger charge is -2.27. The minimum Gasteiger partial charge on any atom is -0.463 e. The predicted octanol–water partition coefficient (Wildman–Crippen LogP) is 1.31. The highest BCUT2D eigenvalue weighted by Gasteiger charge is 2.34. The molecule has 21 heavy (non-hydrogen) atoms. The predicted molar refractivity (Wildman–Crippen MR) is 76.7 cm³/mol. The molecular weight excluding hydrogens is 296 g/mol. The highest BCUT2D eigenvalue weighted by Crippen LogP contribution is 2.27. The summed E-state index contributed by atoms with van der Waals surface area (Å²) in [7, 11) is 0. The summed E-state index contributed by atoms with van der Waals surface area (Å²) < 4.78 is 6.77. The van der Waals surface area contributed by atoms with Crippen LogP contribution in [0.1, 0.15) is 25.5 Å². The highest BCUT2D eigenvalue weighted by molar-refractivity contribution is 6.20. The first-order valence-corrected chi connectivity index (χ1v) is 7.20. The van der Waals surface area contributed by atoms with Crippen LogP contribution in [0.3, 0.4) is 0 Å². The molecule has 1 aromatic rings. The van der Waals surface area contributed by atoms with Gasteiger partial charge in [0.25, 0.3) is 0 Å². The lowest BCUT2D eigenvalue weighted by atomic mass is 9.98. The Bertz CT molecular complexity index is 582. The zero-order valence-electron chi connectivity index (χ0n) is 11.9. The molecule has 1 atom stereocenters. The van der Waals surface area contributed by atoms with Crippen molar-refractivity contribution in [3.8, 4) is 0 Å². The lowest BCUT2D eigenvalue weighted by Crippen LogP contribution is -2.46. The molecule has 1 unspecified atom stereocenters. The maximum atomic E-state index is 12.2. The number of urea groups is 1. The summed E-state index contributed by atoms with van der Waals surface area (Å²) in [5, 5.41) is 9.41. The molecule has 0 aliphatic carbocycles. The third-order valence-electron chi connectivity index (χ3n) is 3.09. The number of esters is 1. The maximum absolute atomic E-state index is 12.2. The number of alkyl halides is 1. The van der Waals surface area contributed by atoms with Crippen LogP contribution < -0.4 is 10.6 Å². The number of rotatable bonds is 5. The first kappa shape index (κ1) is 15.4. The van der Waals surface area contributed by atoms with E-state index < -0.39 is 18.0 Å². The number of amides is 2. The van der Waals surface area contributed by atoms with Crippen LogP contribution in [0, 0.1) is 0 Å². The lowest BCUT2D eigenvalue weighted by molar-refractivity contribution is -0.139. The average molecular weight is 313 g/mol. The van der Waals surface area contributed by atoms with Crippen LogP contribution in [0.15, 0.2) is 23.7 Å². The Morgan fingerprint density at radius 3 is 2.86 bits per heavy atom. The molecule has 1 aliphatic rings. The van der Waals surface area contributed by atoms with Crippen LogP contribution in [0.5, 0.6) is 0 Å². The molecule has 0 bridgehead atoms. The van der Waals surface area contributed by atoms with E-state index in [0.717, 1.165) is 0 Å². The quantitative estimate of drug-likeness (QED) is 0.634. The maximum Gasteiger partial charge on any atom is 0.338 e. The summed E-state index contributed by atoms with van der Waals surface area (Å²) >= 11 is 5.84. The minimum atomic E-state index is -0.619. The first-order valence-electron chi connectivity index (χ1n) is 6.66. The summed E-state index contributed by atoms with van der Waals surface area (Å²) in [6.45, 7) is 4.61. The van der Waals surface area contributed by atoms with Crippen molar-refractivity contribution in [2.45, 2.75) is 26.4 Å². The van der Waals surface area contributed by atoms with Crippen LogP contribution in [-0.4, -0.2) is 34.3 Å². The number of halogens is 1. The second-order valence-corrected chi connectivity index (χ2v) is 4.67. The monoisotopic (exact) mass is 312 g/mol. The zero-order valence-corrected chi connectivity index (χ0v) is 12.6. The number of nitrogens with one attached hydrogen (secondary N) is 2. The highest BCUT2D eigenvalue weighted by atomic mass is 35.5. The van der Waals surface area contributed by atoms with Gasteiger partial charge in [-0.1, -0.05) is 0 Å². The van der Waals surface area contributed by atoms with E-state index in [-0.39, 0.29) is 12.5 Å². The minimum absolute atomic E-state index is 0.0139. The van der Waals surface area contributed by atoms with Crippen LogP contribution in [-0.2, 0) is 16.1 Å². The summed E-state index contributed by atoms with van der Waals surface area (Å²) in [6.07, 6.45) is 3.40. The van der Waals surface area contributed by atoms with Gasteiger partial charge in [-0.25, -0.2) is 9.59 Å². The average Bonchev–Trinajstić information content (AvgIpc) is 2.95. The fourth-order valence-corrected chi connectivity index (χ4v) is 2.34. The van der Waals surface area contributed by atoms with E-state index in [2.05, 4.69) is 15.7 Å². The molecule has 2 amide bonds. The molecule has 2 heterocycles. The number of ether oxygens (including phenoxy) is 1. The Hall–Kier alpha value is -2.02. The number of hydrogen-bond acceptors (Lipinski definition) is 4. The van der Waals surface area contributed by atoms with Crippen molar-refractivity contribution in [3.05, 3.63) is 29.2 Å². The van der Waals surface area contributed by atoms with Gasteiger partial charge in [0.15, 0.2) is 0 Å². The summed E-state index contributed by atoms with van der Waals surface area (Å²) in [5.41, 5.74) is 1.37. The van der Waals surface area contributed by atoms with Crippen LogP contribution in [0.25, 0.3) is 0 Å². The van der Waals surface area contributed by atoms with Gasteiger partial charge in [-0.05, 0) is 13.8 Å². The largest absolute Gasteiger partial charge is 0.463 e. The van der Waals surface area contributed by atoms with Crippen molar-refractivity contribution in [1.29, 1.82) is 0 Å². The van der Waals surface area contributed by atoms with Crippen molar-refractivity contribution < 1.29 is 14.3 Å². The SMILES string of the molecule is CCOC(=O)C1=C(CCl)NC(=O)NC1c1cnn(CC)c1. The topological polar surface area (TPSA) is 85.2 Å². The fourth-order valence-electron chi connectivity index (χ4n) is 2.12. The van der Waals surface area contributed by atoms with Gasteiger partial charge in [-0.2, -0.15) is 5.10 Å². The third kappa shape index (κ3) is 3.18. The van der Waals surface area contributed by atoms with Gasteiger partial charge in [0.05, 0.1) is 30.3 Å². The van der Waals surface area contributed by atoms with Crippen LogP contribution in [0.2, 0.25) is 0 Å². The molecule has 2 N–H and O–H groups in total. The van der Waals surface area contributed by atoms with Gasteiger partial charge in [0, 0.05) is 24.0 Å². The third-order valence-corrected chi connectivity index (χ3v) is 3.36. The summed E-state index contributed by atoms with van der Waals surface area (Å²) in [4.78, 5) is 23.9. The Balaban J connectivity index is 2.43. The fraction of sp³-hybridized carbons (Fsp3) is 0.462. The van der Waals surface area contributed by atoms with E-state index in [0.29, 0.717) is 23.4 Å². The molecule has 0 saturated carbocycles. The Kier molecular flexibility index (Phi) is 4.85. The van der Waals surface area contributed by atoms with E-state index in [9.17, 15) is 9.59 Å². The van der Waals surface area contributed by atoms with Gasteiger partial charge >= 0.3 is 12.0 Å². The molecule has 1 aliphatic heterocycles. The van der Waals surface area contributed by atoms with Crippen molar-refractivity contribution >= 4 is 23.6 Å². The van der Waals surface area contributed by atoms with E-state index >= 15 is 0 Å². The van der Waals surface area contributed by atoms with E-state index in [4.69, 9.17) is 16.3 Å². The summed E-state index contributed by atoms with van der Waals surface area (Å²) in [5.74, 6) is -0.491. The smallest absolute Gasteiger partial charge is 0.338 e. The molecule has 8 heteroatoms. The second-order valence-electron chi connectivity index (χ2n) is 4.41. The molecule has 114 valence electrons. The second kappa shape index (κ2) is 6.62. The van der Waals surface area contributed by atoms with E-state index in [1.54, 1.807) is 24.0 Å². The van der Waals surface area contributed by atoms with E-state index in [1.165, 1.54) is 0 Å². The molecule has 0 aromatic carbocycles. The number of aromatic nitrogens is 2. The molecular formula is C13H17ClN4O3. The normalized spacial score (nSPS) is 18.2. The first-order chi connectivity index (χ1) is 10.1. The molecule has 0 saturated heterocycles. The molecule has 0 spiro atoms. The molecule has 1 aromatic heterocycles. The zero-order chi connectivity index (χ0) is 15.4. The molecule has 2 rings (SSSR count). The Morgan fingerprint density at radius 2 is 2.29 bits per heavy atom. The van der Waals surface area contributed by atoms with Gasteiger partial charge in [0.1, 0.15) is 0 Å². The number of nitrogens with zero attached hydrogens (tertiary/aromatic N) is 2. The number of aryl methyl sites for hydroxylation is 1. The van der Waals surface area contributed by atoms with Crippen molar-refractivity contribution in [2.24, 2.45) is 0 Å². The Morgan fingerprint density at radius 1 is 1.52 bits per heavy atom. The van der Waals surface area contributed by atoms with Crippen molar-refractivity contribution in [3.63, 3.8) is 0 Å². The number of hydrogen-bond donors (Lipinski definition) is 2. The molecule has 0 fully saturated rings. The standard InChI is InChI=1S/C13H17ClN4O3/c1-3-18-7-8(6-15-18)11-10(12(19)21-4-2)9(5-14)16-13(20)17-11/h6-7,11H,3-5H2,1-2H3,(H2,16,17,20). The number of carbonyl (C=O) groups is 2. The van der Waals surface area contributed by atoms with Gasteiger partial charge in [-0.15, -0.1) is 11.6 Å². The van der Waals surface area contributed by atoms with Gasteiger partial charge in [-0.3, -0.25) is 4.68 Å². The van der Waals surface area contributed by atoms with Gasteiger partial charge < -0.3 is 15.4 Å². The number of allylic oxidation sites excluding steroid dienone is 1. The number of carbonyl (C=O) groups excluding carboxylic acids is 2. The Labute approximate surface area is 127 Å². The van der Waals surface area contributed by atoms with Crippen LogP contribution >= 0.6 is 11.6 Å². The van der Waals surface area contributed by atoms with Gasteiger partial charge in [0.2, 0.25) is 0 Å². The van der Waals surface area contributed by atoms with Crippen molar-refractivity contribution in [2.75, 3.05) is 12.5 Å². The molecule has 0 radical (unpaired) electrons. The van der Waals surface area contributed by atoms with E-state index in [1.807, 2.05) is 6.92 Å².